The molecule has 3 heteroatoms. The van der Waals surface area contributed by atoms with Crippen molar-refractivity contribution in [2.75, 3.05) is 13.1 Å². The van der Waals surface area contributed by atoms with Gasteiger partial charge in [-0.1, -0.05) is 13.2 Å². The molecular formula is C9H13BN2. The zero-order valence-electron chi connectivity index (χ0n) is 7.27. The predicted octanol–water partition coefficient (Wildman–Crippen LogP) is 0.783. The van der Waals surface area contributed by atoms with Crippen LogP contribution >= 0.6 is 0 Å². The first-order valence-electron chi connectivity index (χ1n) is 4.27. The topological polar surface area (TPSA) is 15.3 Å². The molecule has 0 aromatic carbocycles. The monoisotopic (exact) mass is 160 g/mol. The fourth-order valence-electron chi connectivity index (χ4n) is 2.15. The molecule has 1 atom stereocenters. The summed E-state index contributed by atoms with van der Waals surface area (Å²) in [6.07, 6.45) is 2.14. The van der Waals surface area contributed by atoms with E-state index in [1.54, 1.807) is 4.81 Å². The third kappa shape index (κ3) is 0.888. The molecule has 1 unspecified atom stereocenters. The van der Waals surface area contributed by atoms with E-state index in [4.69, 9.17) is 7.98 Å². The summed E-state index contributed by atoms with van der Waals surface area (Å²) in [4.78, 5) is 1.73. The van der Waals surface area contributed by atoms with Crippen LogP contribution in [-0.4, -0.2) is 25.9 Å². The van der Waals surface area contributed by atoms with Gasteiger partial charge in [0.2, 0.25) is 7.98 Å². The Morgan fingerprint density at radius 1 is 1.50 bits per heavy atom. The van der Waals surface area contributed by atoms with Crippen LogP contribution in [0.2, 0.25) is 0 Å². The standard InChI is InChI=1S/C9H13BN2/c1-7-5-9(3-4-11-7)6-12(10)8(9)2/h11H,1-6H2. The Balaban J connectivity index is 2.12. The molecule has 2 aliphatic heterocycles. The van der Waals surface area contributed by atoms with E-state index in [0.717, 1.165) is 37.3 Å². The molecule has 0 saturated carbocycles. The van der Waals surface area contributed by atoms with Crippen LogP contribution < -0.4 is 5.32 Å². The molecule has 2 heterocycles. The lowest BCUT2D eigenvalue weighted by Gasteiger charge is -2.55. The van der Waals surface area contributed by atoms with Crippen LogP contribution in [0.4, 0.5) is 0 Å². The second-order valence-electron chi connectivity index (χ2n) is 3.81. The van der Waals surface area contributed by atoms with Gasteiger partial charge in [-0.2, -0.15) is 0 Å². The Labute approximate surface area is 74.8 Å². The quantitative estimate of drug-likeness (QED) is 0.527. The highest BCUT2D eigenvalue weighted by atomic mass is 15.2. The van der Waals surface area contributed by atoms with Crippen LogP contribution in [0.1, 0.15) is 12.8 Å². The minimum absolute atomic E-state index is 0.247. The molecule has 0 bridgehead atoms. The van der Waals surface area contributed by atoms with Gasteiger partial charge in [0.15, 0.2) is 0 Å². The van der Waals surface area contributed by atoms with E-state index >= 15 is 0 Å². The average Bonchev–Trinajstić information content (AvgIpc) is 2.04. The second kappa shape index (κ2) is 2.31. The number of nitrogens with one attached hydrogen (secondary N) is 1. The first kappa shape index (κ1) is 7.78. The molecule has 2 nitrogen and oxygen atoms in total. The van der Waals surface area contributed by atoms with Crippen LogP contribution in [0.25, 0.3) is 0 Å². The maximum absolute atomic E-state index is 5.66. The summed E-state index contributed by atoms with van der Waals surface area (Å²) in [7, 11) is 5.66. The molecule has 12 heavy (non-hydrogen) atoms. The summed E-state index contributed by atoms with van der Waals surface area (Å²) in [5.74, 6) is 0. The van der Waals surface area contributed by atoms with Crippen LogP contribution in [0, 0.1) is 5.41 Å². The number of hydrogen-bond donors (Lipinski definition) is 1. The van der Waals surface area contributed by atoms with Gasteiger partial charge in [0, 0.05) is 29.9 Å². The van der Waals surface area contributed by atoms with Crippen molar-refractivity contribution >= 4 is 7.98 Å². The molecule has 2 aliphatic rings. The highest BCUT2D eigenvalue weighted by molar-refractivity contribution is 6.06. The lowest BCUT2D eigenvalue weighted by atomic mass is 9.67. The van der Waals surface area contributed by atoms with E-state index in [0.29, 0.717) is 0 Å². The van der Waals surface area contributed by atoms with E-state index < -0.39 is 0 Å². The maximum atomic E-state index is 5.66. The highest BCUT2D eigenvalue weighted by Crippen LogP contribution is 2.47. The summed E-state index contributed by atoms with van der Waals surface area (Å²) >= 11 is 0. The fraction of sp³-hybridized carbons (Fsp3) is 0.556. The predicted molar refractivity (Wildman–Crippen MR) is 50.4 cm³/mol. The Morgan fingerprint density at radius 2 is 2.25 bits per heavy atom. The van der Waals surface area contributed by atoms with Crippen molar-refractivity contribution < 1.29 is 0 Å². The van der Waals surface area contributed by atoms with E-state index in [9.17, 15) is 0 Å². The molecule has 1 spiro atoms. The Morgan fingerprint density at radius 3 is 2.75 bits per heavy atom. The number of hydrogen-bond acceptors (Lipinski definition) is 2. The molecule has 0 aliphatic carbocycles. The van der Waals surface area contributed by atoms with Crippen LogP contribution in [0.15, 0.2) is 24.6 Å². The minimum Gasteiger partial charge on any atom is -0.427 e. The normalized spacial score (nSPS) is 34.8. The fourth-order valence-corrected chi connectivity index (χ4v) is 2.15. The van der Waals surface area contributed by atoms with Gasteiger partial charge in [-0.25, -0.2) is 0 Å². The van der Waals surface area contributed by atoms with Gasteiger partial charge in [-0.05, 0) is 12.8 Å². The molecule has 62 valence electrons. The van der Waals surface area contributed by atoms with E-state index in [2.05, 4.69) is 18.5 Å². The Bertz CT molecular complexity index is 245. The van der Waals surface area contributed by atoms with Crippen molar-refractivity contribution in [2.24, 2.45) is 5.41 Å². The highest BCUT2D eigenvalue weighted by Gasteiger charge is 2.45. The smallest absolute Gasteiger partial charge is 0.226 e. The minimum atomic E-state index is 0.247. The van der Waals surface area contributed by atoms with Gasteiger partial charge < -0.3 is 10.1 Å². The number of piperidine rings is 1. The second-order valence-corrected chi connectivity index (χ2v) is 3.81. The molecule has 0 aromatic rings. The van der Waals surface area contributed by atoms with Crippen molar-refractivity contribution in [1.82, 2.24) is 10.1 Å². The third-order valence-electron chi connectivity index (χ3n) is 2.96. The van der Waals surface area contributed by atoms with E-state index in [1.807, 2.05) is 0 Å². The van der Waals surface area contributed by atoms with E-state index in [-0.39, 0.29) is 5.41 Å². The van der Waals surface area contributed by atoms with Gasteiger partial charge in [0.05, 0.1) is 0 Å². The van der Waals surface area contributed by atoms with Gasteiger partial charge in [0.25, 0.3) is 0 Å². The molecule has 1 N–H and O–H groups in total. The number of rotatable bonds is 0. The SMILES string of the molecule is [B]N1CC2(CCNC(=C)C2)C1=C. The lowest BCUT2D eigenvalue weighted by molar-refractivity contribution is 0.121. The van der Waals surface area contributed by atoms with Crippen molar-refractivity contribution in [1.29, 1.82) is 0 Å². The van der Waals surface area contributed by atoms with Crippen molar-refractivity contribution in [2.45, 2.75) is 12.8 Å². The number of nitrogens with zero attached hydrogens (tertiary/aromatic N) is 1. The Kier molecular flexibility index (Phi) is 1.50. The van der Waals surface area contributed by atoms with Gasteiger partial charge in [-0.3, -0.25) is 0 Å². The summed E-state index contributed by atoms with van der Waals surface area (Å²) in [5, 5.41) is 3.25. The zero-order chi connectivity index (χ0) is 8.77. The molecule has 0 aromatic heterocycles. The van der Waals surface area contributed by atoms with Crippen LogP contribution in [0.5, 0.6) is 0 Å². The van der Waals surface area contributed by atoms with E-state index in [1.165, 1.54) is 0 Å². The van der Waals surface area contributed by atoms with Gasteiger partial charge >= 0.3 is 0 Å². The summed E-state index contributed by atoms with van der Waals surface area (Å²) in [5.41, 5.74) is 2.44. The first-order chi connectivity index (χ1) is 5.64. The van der Waals surface area contributed by atoms with Crippen molar-refractivity contribution in [3.05, 3.63) is 24.6 Å². The zero-order valence-corrected chi connectivity index (χ0v) is 7.27. The molecular weight excluding hydrogens is 147 g/mol. The summed E-state index contributed by atoms with van der Waals surface area (Å²) in [6.45, 7) is 9.87. The molecule has 2 radical (unpaired) electrons. The summed E-state index contributed by atoms with van der Waals surface area (Å²) < 4.78 is 0. The molecule has 2 rings (SSSR count). The molecule has 2 fully saturated rings. The number of allylic oxidation sites excluding steroid dienone is 1. The Hall–Kier alpha value is -0.855. The molecule has 2 saturated heterocycles. The largest absolute Gasteiger partial charge is 0.427 e. The lowest BCUT2D eigenvalue weighted by Crippen LogP contribution is -2.55. The summed E-state index contributed by atoms with van der Waals surface area (Å²) in [6, 6.07) is 0. The first-order valence-corrected chi connectivity index (χ1v) is 4.27. The third-order valence-corrected chi connectivity index (χ3v) is 2.96. The van der Waals surface area contributed by atoms with Crippen molar-refractivity contribution in [3.63, 3.8) is 0 Å². The van der Waals surface area contributed by atoms with Crippen LogP contribution in [0.3, 0.4) is 0 Å². The van der Waals surface area contributed by atoms with Gasteiger partial charge in [-0.15, -0.1) is 0 Å². The molecule has 0 amide bonds. The van der Waals surface area contributed by atoms with Crippen molar-refractivity contribution in [3.8, 4) is 0 Å². The van der Waals surface area contributed by atoms with Crippen LogP contribution in [-0.2, 0) is 0 Å². The maximum Gasteiger partial charge on any atom is 0.226 e. The van der Waals surface area contributed by atoms with Gasteiger partial charge in [0.1, 0.15) is 0 Å². The average molecular weight is 160 g/mol.